The first-order valence-electron chi connectivity index (χ1n) is 3.02. The zero-order valence-electron chi connectivity index (χ0n) is 6.24. The zero-order chi connectivity index (χ0) is 9.98. The molecule has 6 heteroatoms. The fourth-order valence-corrected chi connectivity index (χ4v) is 0.391. The fourth-order valence-electron chi connectivity index (χ4n) is 0.391. The third-order valence-corrected chi connectivity index (χ3v) is 0.781. The summed E-state index contributed by atoms with van der Waals surface area (Å²) in [5.74, 6) is -1.90. The Kier molecular flexibility index (Phi) is 10.1. The summed E-state index contributed by atoms with van der Waals surface area (Å²) in [6.07, 6.45) is 0.837. The van der Waals surface area contributed by atoms with Gasteiger partial charge in [-0.2, -0.15) is 0 Å². The predicted octanol–water partition coefficient (Wildman–Crippen LogP) is 0.227. The lowest BCUT2D eigenvalue weighted by atomic mass is 10.2. The van der Waals surface area contributed by atoms with Crippen molar-refractivity contribution in [1.29, 1.82) is 5.41 Å². The second kappa shape index (κ2) is 9.32. The molecule has 0 saturated heterocycles. The minimum absolute atomic E-state index is 0.0632. The van der Waals surface area contributed by atoms with Gasteiger partial charge in [0.15, 0.2) is 0 Å². The molecule has 0 unspecified atom stereocenters. The molecule has 0 saturated carbocycles. The number of hydrogen-bond donors (Lipinski definition) is 3. The van der Waals surface area contributed by atoms with Gasteiger partial charge in [-0.1, -0.05) is 0 Å². The van der Waals surface area contributed by atoms with E-state index in [9.17, 15) is 9.59 Å². The van der Waals surface area contributed by atoms with Crippen LogP contribution < -0.4 is 0 Å². The van der Waals surface area contributed by atoms with E-state index in [0.717, 1.165) is 6.08 Å². The van der Waals surface area contributed by atoms with Crippen LogP contribution in [0.3, 0.4) is 0 Å². The Balaban J connectivity index is 0. The first-order chi connectivity index (χ1) is 5.54. The Morgan fingerprint density at radius 2 is 1.42 bits per heavy atom. The molecular weight excluding hydrogens is 166 g/mol. The number of carbonyl (C=O) groups excluding carboxylic acids is 1. The molecule has 0 bridgehead atoms. The lowest BCUT2D eigenvalue weighted by Gasteiger charge is -1.89. The summed E-state index contributed by atoms with van der Waals surface area (Å²) in [7, 11) is 0. The van der Waals surface area contributed by atoms with Crippen LogP contribution in [0.1, 0.15) is 19.3 Å². The van der Waals surface area contributed by atoms with Crippen molar-refractivity contribution in [2.24, 2.45) is 0 Å². The van der Waals surface area contributed by atoms with E-state index in [1.165, 1.54) is 0 Å². The van der Waals surface area contributed by atoms with Crippen LogP contribution >= 0.6 is 0 Å². The average Bonchev–Trinajstić information content (AvgIpc) is 1.87. The Morgan fingerprint density at radius 1 is 1.17 bits per heavy atom. The van der Waals surface area contributed by atoms with Crippen molar-refractivity contribution >= 4 is 18.0 Å². The second-order valence-electron chi connectivity index (χ2n) is 1.74. The second-order valence-corrected chi connectivity index (χ2v) is 1.74. The summed E-state index contributed by atoms with van der Waals surface area (Å²) < 4.78 is 0. The first-order valence-corrected chi connectivity index (χ1v) is 3.02. The molecule has 0 aromatic carbocycles. The minimum Gasteiger partial charge on any atom is -0.481 e. The molecular formula is C6H9NO5. The van der Waals surface area contributed by atoms with Gasteiger partial charge < -0.3 is 10.2 Å². The van der Waals surface area contributed by atoms with Gasteiger partial charge in [0.05, 0.1) is 0 Å². The van der Waals surface area contributed by atoms with E-state index in [2.05, 4.69) is 0 Å². The smallest absolute Gasteiger partial charge is 0.303 e. The lowest BCUT2D eigenvalue weighted by Crippen LogP contribution is -1.98. The number of nitrogens with one attached hydrogen (secondary N) is 1. The van der Waals surface area contributed by atoms with Crippen LogP contribution in [0.15, 0.2) is 0 Å². The Hall–Kier alpha value is -1.68. The van der Waals surface area contributed by atoms with Crippen LogP contribution in [0.4, 0.5) is 0 Å². The van der Waals surface area contributed by atoms with Gasteiger partial charge in [-0.3, -0.25) is 9.59 Å². The Morgan fingerprint density at radius 3 is 1.58 bits per heavy atom. The van der Waals surface area contributed by atoms with Crippen LogP contribution in [0, 0.1) is 5.41 Å². The quantitative estimate of drug-likeness (QED) is 0.417. The highest BCUT2D eigenvalue weighted by molar-refractivity contribution is 5.69. The molecule has 0 atom stereocenters. The highest BCUT2D eigenvalue weighted by Crippen LogP contribution is 1.93. The maximum atomic E-state index is 9.79. The van der Waals surface area contributed by atoms with Gasteiger partial charge in [0.1, 0.15) is 0 Å². The molecule has 0 radical (unpaired) electrons. The normalized spacial score (nSPS) is 7.33. The van der Waals surface area contributed by atoms with Gasteiger partial charge in [0.2, 0.25) is 6.08 Å². The number of aliphatic carboxylic acids is 2. The molecule has 0 spiro atoms. The van der Waals surface area contributed by atoms with E-state index in [1.54, 1.807) is 0 Å². The largest absolute Gasteiger partial charge is 0.481 e. The van der Waals surface area contributed by atoms with Crippen LogP contribution in [0.5, 0.6) is 0 Å². The van der Waals surface area contributed by atoms with E-state index in [0.29, 0.717) is 0 Å². The number of hydrogen-bond acceptors (Lipinski definition) is 4. The van der Waals surface area contributed by atoms with E-state index in [4.69, 9.17) is 20.4 Å². The van der Waals surface area contributed by atoms with Gasteiger partial charge in [-0.05, 0) is 6.42 Å². The number of isocyanates is 1. The summed E-state index contributed by atoms with van der Waals surface area (Å²) in [6.45, 7) is 0. The highest BCUT2D eigenvalue weighted by Gasteiger charge is 1.99. The number of rotatable bonds is 4. The van der Waals surface area contributed by atoms with Gasteiger partial charge in [0.25, 0.3) is 0 Å². The van der Waals surface area contributed by atoms with Crippen molar-refractivity contribution in [3.8, 4) is 0 Å². The summed E-state index contributed by atoms with van der Waals surface area (Å²) in [4.78, 5) is 27.9. The third kappa shape index (κ3) is 23.9. The SMILES string of the molecule is N=C=O.O=C(O)CCCC(=O)O. The van der Waals surface area contributed by atoms with Crippen molar-refractivity contribution in [3.05, 3.63) is 0 Å². The average molecular weight is 175 g/mol. The highest BCUT2D eigenvalue weighted by atomic mass is 16.4. The molecule has 0 heterocycles. The van der Waals surface area contributed by atoms with E-state index in [1.807, 2.05) is 0 Å². The van der Waals surface area contributed by atoms with Crippen LogP contribution in [-0.4, -0.2) is 28.2 Å². The molecule has 3 N–H and O–H groups in total. The molecule has 0 aliphatic carbocycles. The van der Waals surface area contributed by atoms with Crippen molar-refractivity contribution in [1.82, 2.24) is 0 Å². The number of carbonyl (C=O) groups is 2. The van der Waals surface area contributed by atoms with E-state index in [-0.39, 0.29) is 19.3 Å². The summed E-state index contributed by atoms with van der Waals surface area (Å²) in [5, 5.41) is 21.5. The van der Waals surface area contributed by atoms with Crippen molar-refractivity contribution < 1.29 is 24.6 Å². The molecule has 12 heavy (non-hydrogen) atoms. The van der Waals surface area contributed by atoms with Crippen LogP contribution in [0.25, 0.3) is 0 Å². The fraction of sp³-hybridized carbons (Fsp3) is 0.500. The predicted molar refractivity (Wildman–Crippen MR) is 37.5 cm³/mol. The van der Waals surface area contributed by atoms with Gasteiger partial charge in [0, 0.05) is 12.8 Å². The van der Waals surface area contributed by atoms with Gasteiger partial charge >= 0.3 is 11.9 Å². The molecule has 6 nitrogen and oxygen atoms in total. The summed E-state index contributed by atoms with van der Waals surface area (Å²) >= 11 is 0. The van der Waals surface area contributed by atoms with E-state index >= 15 is 0 Å². The number of carboxylic acids is 2. The topological polar surface area (TPSA) is 116 Å². The van der Waals surface area contributed by atoms with Crippen LogP contribution in [0.2, 0.25) is 0 Å². The molecule has 0 fully saturated rings. The van der Waals surface area contributed by atoms with Crippen molar-refractivity contribution in [2.75, 3.05) is 0 Å². The summed E-state index contributed by atoms with van der Waals surface area (Å²) in [5.41, 5.74) is 0. The molecule has 68 valence electrons. The van der Waals surface area contributed by atoms with Gasteiger partial charge in [-0.15, -0.1) is 0 Å². The van der Waals surface area contributed by atoms with E-state index < -0.39 is 11.9 Å². The number of carboxylic acid groups (broad SMARTS) is 2. The van der Waals surface area contributed by atoms with Gasteiger partial charge in [-0.25, -0.2) is 10.2 Å². The lowest BCUT2D eigenvalue weighted by molar-refractivity contribution is -0.138. The Labute approximate surface area is 68.3 Å². The standard InChI is InChI=1S/C5H8O4.CHNO/c6-4(7)2-1-3-5(8)9;2-1-3/h1-3H2,(H,6,7)(H,8,9);2H. The maximum Gasteiger partial charge on any atom is 0.303 e. The summed E-state index contributed by atoms with van der Waals surface area (Å²) in [6, 6.07) is 0. The zero-order valence-corrected chi connectivity index (χ0v) is 6.24. The van der Waals surface area contributed by atoms with Crippen LogP contribution in [-0.2, 0) is 14.4 Å². The van der Waals surface area contributed by atoms with Crippen molar-refractivity contribution in [3.63, 3.8) is 0 Å². The first kappa shape index (κ1) is 12.9. The molecule has 0 amide bonds. The third-order valence-electron chi connectivity index (χ3n) is 0.781. The molecule has 0 aromatic heterocycles. The Bertz CT molecular complexity index is 168. The molecule has 0 aromatic rings. The molecule has 0 aliphatic rings. The molecule has 0 rings (SSSR count). The molecule has 0 aliphatic heterocycles. The van der Waals surface area contributed by atoms with Crippen molar-refractivity contribution in [2.45, 2.75) is 19.3 Å². The maximum absolute atomic E-state index is 9.79. The monoisotopic (exact) mass is 175 g/mol. The minimum atomic E-state index is -0.948.